The van der Waals surface area contributed by atoms with Crippen LogP contribution in [-0.2, 0) is 20.9 Å². The Morgan fingerprint density at radius 2 is 1.94 bits per heavy atom. The fourth-order valence-electron chi connectivity index (χ4n) is 8.12. The first-order valence-electron chi connectivity index (χ1n) is 12.6. The highest BCUT2D eigenvalue weighted by atomic mass is 32.2. The van der Waals surface area contributed by atoms with Gasteiger partial charge in [0.1, 0.15) is 0 Å². The second-order valence-corrected chi connectivity index (χ2v) is 12.6. The van der Waals surface area contributed by atoms with Gasteiger partial charge in [0.15, 0.2) is 11.6 Å². The van der Waals surface area contributed by atoms with Crippen molar-refractivity contribution in [2.45, 2.75) is 77.7 Å². The Bertz CT molecular complexity index is 979. The summed E-state index contributed by atoms with van der Waals surface area (Å²) in [4.78, 5) is 24.7. The smallest absolute Gasteiger partial charge is 0.232 e. The van der Waals surface area contributed by atoms with Gasteiger partial charge in [0.25, 0.3) is 0 Å². The average Bonchev–Trinajstić information content (AvgIpc) is 3.44. The lowest BCUT2D eigenvalue weighted by molar-refractivity contribution is -0.117. The summed E-state index contributed by atoms with van der Waals surface area (Å²) in [5.74, 6) is 2.86. The van der Waals surface area contributed by atoms with E-state index in [-0.39, 0.29) is 22.4 Å². The normalized spacial score (nSPS) is 42.8. The maximum atomic E-state index is 12.7. The predicted octanol–water partition coefficient (Wildman–Crippen LogP) is 4.93. The molecule has 5 aliphatic carbocycles. The van der Waals surface area contributed by atoms with Crippen molar-refractivity contribution in [3.8, 4) is 0 Å². The molecule has 5 aliphatic rings. The lowest BCUT2D eigenvalue weighted by atomic mass is 9.48. The molecule has 1 unspecified atom stereocenters. The van der Waals surface area contributed by atoms with Crippen molar-refractivity contribution < 1.29 is 18.4 Å². The molecule has 0 amide bonds. The maximum absolute atomic E-state index is 12.7. The number of ketones is 2. The quantitative estimate of drug-likeness (QED) is 0.425. The van der Waals surface area contributed by atoms with E-state index in [2.05, 4.69) is 43.7 Å². The van der Waals surface area contributed by atoms with E-state index in [4.69, 9.17) is 4.55 Å². The zero-order valence-corrected chi connectivity index (χ0v) is 20.8. The van der Waals surface area contributed by atoms with Crippen LogP contribution in [0.3, 0.4) is 0 Å². The van der Waals surface area contributed by atoms with Crippen LogP contribution in [0, 0.1) is 40.4 Å². The van der Waals surface area contributed by atoms with Crippen molar-refractivity contribution >= 4 is 22.8 Å². The molecule has 180 valence electrons. The summed E-state index contributed by atoms with van der Waals surface area (Å²) in [6.07, 6.45) is 18.0. The zero-order chi connectivity index (χ0) is 23.6. The molecule has 0 radical (unpaired) electrons. The lowest BCUT2D eigenvalue weighted by Crippen LogP contribution is -2.49. The molecular weight excluding hydrogens is 434 g/mol. The minimum absolute atomic E-state index is 0.0746. The average molecular weight is 472 g/mol. The van der Waals surface area contributed by atoms with Crippen molar-refractivity contribution in [3.63, 3.8) is 0 Å². The second-order valence-electron chi connectivity index (χ2n) is 11.9. The van der Waals surface area contributed by atoms with E-state index in [1.165, 1.54) is 31.3 Å². The van der Waals surface area contributed by atoms with Crippen molar-refractivity contribution in [2.24, 2.45) is 40.4 Å². The molecule has 3 saturated carbocycles. The van der Waals surface area contributed by atoms with Crippen LogP contribution in [0.5, 0.6) is 0 Å². The second kappa shape index (κ2) is 8.10. The van der Waals surface area contributed by atoms with Crippen LogP contribution in [0.25, 0.3) is 0 Å². The minimum Gasteiger partial charge on any atom is -0.295 e. The summed E-state index contributed by atoms with van der Waals surface area (Å²) < 4.78 is 22.8. The molecule has 0 aromatic carbocycles. The van der Waals surface area contributed by atoms with Gasteiger partial charge < -0.3 is 0 Å². The highest BCUT2D eigenvalue weighted by molar-refractivity contribution is 7.77. The van der Waals surface area contributed by atoms with Crippen LogP contribution in [-0.4, -0.2) is 25.9 Å². The SMILES string of the molecule is C[C@H](/C=C/C(=O)C1(NS(=O)O)CC1)[C@H]1CC[C@H]2[C@@H]3C=CC4=CC(=O)CC[C@]4(C)[C@H]3CC[C@]12C. The Labute approximate surface area is 200 Å². The standard InChI is InChI=1S/C27H37NO4S/c1-17(4-9-24(30)27(14-15-27)28-33(31)32)21-7-8-22-20-6-5-18-16-19(29)10-12-25(18,2)23(20)11-13-26(21,22)3/h4-6,9,16-17,20-23,28H,7-8,10-15H2,1-3H3,(H,31,32)/b9-4+/t17-,20+,21-,22+,23+,25+,26-/m1/s1. The third kappa shape index (κ3) is 3.77. The van der Waals surface area contributed by atoms with Crippen molar-refractivity contribution in [2.75, 3.05) is 0 Å². The van der Waals surface area contributed by atoms with Crippen LogP contribution >= 0.6 is 0 Å². The molecule has 2 N–H and O–H groups in total. The Kier molecular flexibility index (Phi) is 5.74. The third-order valence-electron chi connectivity index (χ3n) is 10.3. The summed E-state index contributed by atoms with van der Waals surface area (Å²) >= 11 is -2.17. The van der Waals surface area contributed by atoms with E-state index in [1.54, 1.807) is 6.08 Å². The van der Waals surface area contributed by atoms with Crippen molar-refractivity contribution in [1.82, 2.24) is 4.72 Å². The Morgan fingerprint density at radius 3 is 2.64 bits per heavy atom. The molecule has 3 fully saturated rings. The number of fused-ring (bicyclic) bond motifs is 5. The molecule has 8 atom stereocenters. The van der Waals surface area contributed by atoms with Crippen LogP contribution in [0.2, 0.25) is 0 Å². The number of carbonyl (C=O) groups excluding carboxylic acids is 2. The van der Waals surface area contributed by atoms with Crippen LogP contribution < -0.4 is 4.72 Å². The fraction of sp³-hybridized carbons (Fsp3) is 0.704. The third-order valence-corrected chi connectivity index (χ3v) is 10.8. The van der Waals surface area contributed by atoms with Crippen molar-refractivity contribution in [1.29, 1.82) is 0 Å². The summed E-state index contributed by atoms with van der Waals surface area (Å²) in [6.45, 7) is 7.10. The summed E-state index contributed by atoms with van der Waals surface area (Å²) in [6, 6.07) is 0. The van der Waals surface area contributed by atoms with Gasteiger partial charge in [-0.25, -0.2) is 8.93 Å². The van der Waals surface area contributed by atoms with Gasteiger partial charge in [-0.1, -0.05) is 39.0 Å². The molecule has 5 nitrogen and oxygen atoms in total. The first-order chi connectivity index (χ1) is 15.6. The molecule has 33 heavy (non-hydrogen) atoms. The van der Waals surface area contributed by atoms with Gasteiger partial charge in [-0.3, -0.25) is 14.1 Å². The highest BCUT2D eigenvalue weighted by Gasteiger charge is 2.58. The Morgan fingerprint density at radius 1 is 1.18 bits per heavy atom. The number of allylic oxidation sites excluding steroid dienone is 5. The number of hydrogen-bond acceptors (Lipinski definition) is 3. The van der Waals surface area contributed by atoms with E-state index in [9.17, 15) is 13.8 Å². The van der Waals surface area contributed by atoms with E-state index in [0.717, 1.165) is 6.42 Å². The summed E-state index contributed by atoms with van der Waals surface area (Å²) in [5, 5.41) is 0. The molecule has 6 heteroatoms. The first kappa shape index (κ1) is 23.4. The Balaban J connectivity index is 1.33. The molecule has 0 saturated heterocycles. The van der Waals surface area contributed by atoms with Gasteiger partial charge in [-0.15, -0.1) is 0 Å². The summed E-state index contributed by atoms with van der Waals surface area (Å²) in [5.41, 5.74) is 0.802. The van der Waals surface area contributed by atoms with E-state index in [0.29, 0.717) is 48.9 Å². The zero-order valence-electron chi connectivity index (χ0n) is 20.0. The monoisotopic (exact) mass is 471 g/mol. The van der Waals surface area contributed by atoms with Gasteiger partial charge in [0, 0.05) is 6.42 Å². The molecule has 0 spiro atoms. The van der Waals surface area contributed by atoms with Gasteiger partial charge in [-0.05, 0) is 103 Å². The van der Waals surface area contributed by atoms with Crippen LogP contribution in [0.15, 0.2) is 36.0 Å². The van der Waals surface area contributed by atoms with Crippen LogP contribution in [0.1, 0.15) is 72.1 Å². The lowest BCUT2D eigenvalue weighted by Gasteiger charge is -2.56. The molecule has 0 aromatic rings. The van der Waals surface area contributed by atoms with Gasteiger partial charge in [0.05, 0.1) is 5.54 Å². The topological polar surface area (TPSA) is 83.5 Å². The maximum Gasteiger partial charge on any atom is 0.232 e. The molecule has 0 bridgehead atoms. The van der Waals surface area contributed by atoms with E-state index >= 15 is 0 Å². The van der Waals surface area contributed by atoms with Gasteiger partial charge >= 0.3 is 0 Å². The van der Waals surface area contributed by atoms with Crippen molar-refractivity contribution in [3.05, 3.63) is 36.0 Å². The Hall–Kier alpha value is -1.37. The van der Waals surface area contributed by atoms with Gasteiger partial charge in [0.2, 0.25) is 11.3 Å². The minimum atomic E-state index is -2.17. The number of carbonyl (C=O) groups is 2. The number of hydrogen-bond donors (Lipinski definition) is 2. The fourth-order valence-corrected chi connectivity index (χ4v) is 8.76. The van der Waals surface area contributed by atoms with E-state index < -0.39 is 16.8 Å². The molecule has 0 aliphatic heterocycles. The highest BCUT2D eigenvalue weighted by Crippen LogP contribution is 2.66. The molecular formula is C27H37NO4S. The molecule has 5 rings (SSSR count). The largest absolute Gasteiger partial charge is 0.295 e. The molecule has 0 heterocycles. The molecule has 0 aromatic heterocycles. The summed E-state index contributed by atoms with van der Waals surface area (Å²) in [7, 11) is 0. The van der Waals surface area contributed by atoms with Gasteiger partial charge in [-0.2, -0.15) is 0 Å². The first-order valence-corrected chi connectivity index (χ1v) is 13.7. The number of nitrogens with one attached hydrogen (secondary N) is 1. The van der Waals surface area contributed by atoms with Crippen LogP contribution in [0.4, 0.5) is 0 Å². The number of rotatable bonds is 6. The van der Waals surface area contributed by atoms with E-state index in [1.807, 2.05) is 6.08 Å². The predicted molar refractivity (Wildman–Crippen MR) is 129 cm³/mol.